The third-order valence-electron chi connectivity index (χ3n) is 0.908. The number of rotatable bonds is 4. The van der Waals surface area contributed by atoms with Gasteiger partial charge in [-0.3, -0.25) is 10.4 Å². The van der Waals surface area contributed by atoms with Crippen molar-refractivity contribution in [3.05, 3.63) is 0 Å². The minimum absolute atomic E-state index is 0.120. The smallest absolute Gasteiger partial charge is 0.265 e. The second-order valence-electron chi connectivity index (χ2n) is 2.16. The van der Waals surface area contributed by atoms with Gasteiger partial charge in [0.25, 0.3) is 6.43 Å². The minimum atomic E-state index is -2.67. The zero-order valence-corrected chi connectivity index (χ0v) is 6.01. The Bertz CT molecular complexity index is 89.7. The molecule has 3 nitrogen and oxygen atoms in total. The average Bonchev–Trinajstić information content (AvgIpc) is 1.82. The van der Waals surface area contributed by atoms with Gasteiger partial charge in [0.05, 0.1) is 0 Å². The van der Waals surface area contributed by atoms with Crippen LogP contribution in [0.3, 0.4) is 0 Å². The van der Waals surface area contributed by atoms with Crippen molar-refractivity contribution < 1.29 is 13.9 Å². The van der Waals surface area contributed by atoms with Crippen LogP contribution in [0.15, 0.2) is 0 Å². The first kappa shape index (κ1) is 9.74. The van der Waals surface area contributed by atoms with Gasteiger partial charge in [-0.05, 0) is 0 Å². The molecule has 62 valence electrons. The molecule has 2 N–H and O–H groups in total. The SMILES string of the molecule is CN(C)NCC(O)C(F)F. The summed E-state index contributed by atoms with van der Waals surface area (Å²) >= 11 is 0. The van der Waals surface area contributed by atoms with Crippen LogP contribution in [0.1, 0.15) is 0 Å². The van der Waals surface area contributed by atoms with E-state index >= 15 is 0 Å². The molecule has 0 aliphatic carbocycles. The molecule has 1 unspecified atom stereocenters. The Hall–Kier alpha value is -0.260. The van der Waals surface area contributed by atoms with Crippen LogP contribution in [-0.2, 0) is 0 Å². The highest BCUT2D eigenvalue weighted by atomic mass is 19.3. The fraction of sp³-hybridized carbons (Fsp3) is 1.00. The van der Waals surface area contributed by atoms with E-state index in [2.05, 4.69) is 5.43 Å². The number of hydrogen-bond donors (Lipinski definition) is 2. The van der Waals surface area contributed by atoms with Gasteiger partial charge < -0.3 is 5.11 Å². The molecule has 0 aromatic carbocycles. The lowest BCUT2D eigenvalue weighted by Gasteiger charge is -2.14. The van der Waals surface area contributed by atoms with Gasteiger partial charge in [0.1, 0.15) is 6.10 Å². The molecule has 0 fully saturated rings. The number of alkyl halides is 2. The summed E-state index contributed by atoms with van der Waals surface area (Å²) in [7, 11) is 3.33. The molecular weight excluding hydrogens is 142 g/mol. The Morgan fingerprint density at radius 2 is 2.00 bits per heavy atom. The first-order chi connectivity index (χ1) is 4.54. The first-order valence-electron chi connectivity index (χ1n) is 2.91. The molecule has 0 rings (SSSR count). The van der Waals surface area contributed by atoms with Gasteiger partial charge in [-0.25, -0.2) is 8.78 Å². The number of nitrogens with zero attached hydrogens (tertiary/aromatic N) is 1. The van der Waals surface area contributed by atoms with E-state index in [9.17, 15) is 8.78 Å². The van der Waals surface area contributed by atoms with E-state index in [-0.39, 0.29) is 6.54 Å². The fourth-order valence-electron chi connectivity index (χ4n) is 0.365. The van der Waals surface area contributed by atoms with Crippen LogP contribution in [0.2, 0.25) is 0 Å². The number of halogens is 2. The summed E-state index contributed by atoms with van der Waals surface area (Å²) in [6, 6.07) is 0. The molecule has 0 aromatic rings. The van der Waals surface area contributed by atoms with E-state index in [1.165, 1.54) is 5.01 Å². The van der Waals surface area contributed by atoms with Crippen molar-refractivity contribution in [3.8, 4) is 0 Å². The van der Waals surface area contributed by atoms with Gasteiger partial charge in [0.2, 0.25) is 0 Å². The minimum Gasteiger partial charge on any atom is -0.386 e. The summed E-state index contributed by atoms with van der Waals surface area (Å²) in [4.78, 5) is 0. The first-order valence-corrected chi connectivity index (χ1v) is 2.91. The van der Waals surface area contributed by atoms with Crippen LogP contribution in [0.4, 0.5) is 8.78 Å². The number of aliphatic hydroxyl groups is 1. The molecular formula is C5H12F2N2O. The van der Waals surface area contributed by atoms with Gasteiger partial charge in [0, 0.05) is 20.6 Å². The molecule has 0 aromatic heterocycles. The van der Waals surface area contributed by atoms with E-state index < -0.39 is 12.5 Å². The number of hydrazine groups is 1. The Kier molecular flexibility index (Phi) is 4.42. The van der Waals surface area contributed by atoms with Crippen LogP contribution in [0.5, 0.6) is 0 Å². The molecule has 0 aliphatic heterocycles. The molecule has 0 aliphatic rings. The van der Waals surface area contributed by atoms with E-state index in [1.807, 2.05) is 0 Å². The summed E-state index contributed by atoms with van der Waals surface area (Å²) < 4.78 is 23.1. The molecule has 0 saturated heterocycles. The highest BCUT2D eigenvalue weighted by Gasteiger charge is 2.15. The molecule has 1 atom stereocenters. The predicted molar refractivity (Wildman–Crippen MR) is 33.7 cm³/mol. The zero-order chi connectivity index (χ0) is 8.15. The summed E-state index contributed by atoms with van der Waals surface area (Å²) in [5.74, 6) is 0. The number of nitrogens with one attached hydrogen (secondary N) is 1. The normalized spacial score (nSPS) is 14.7. The van der Waals surface area contributed by atoms with Crippen LogP contribution >= 0.6 is 0 Å². The molecule has 0 spiro atoms. The monoisotopic (exact) mass is 154 g/mol. The van der Waals surface area contributed by atoms with Crippen LogP contribution < -0.4 is 5.43 Å². The molecule has 0 radical (unpaired) electrons. The molecule has 0 amide bonds. The second-order valence-corrected chi connectivity index (χ2v) is 2.16. The molecule has 5 heteroatoms. The van der Waals surface area contributed by atoms with Gasteiger partial charge >= 0.3 is 0 Å². The summed E-state index contributed by atoms with van der Waals surface area (Å²) in [6.07, 6.45) is -4.25. The van der Waals surface area contributed by atoms with Crippen LogP contribution in [-0.4, -0.2) is 43.3 Å². The third kappa shape index (κ3) is 4.60. The van der Waals surface area contributed by atoms with Crippen molar-refractivity contribution in [2.75, 3.05) is 20.6 Å². The zero-order valence-electron chi connectivity index (χ0n) is 6.01. The number of hydrogen-bond acceptors (Lipinski definition) is 3. The highest BCUT2D eigenvalue weighted by Crippen LogP contribution is 1.97. The van der Waals surface area contributed by atoms with E-state index in [4.69, 9.17) is 5.11 Å². The quantitative estimate of drug-likeness (QED) is 0.545. The topological polar surface area (TPSA) is 35.5 Å². The Morgan fingerprint density at radius 3 is 2.30 bits per heavy atom. The Balaban J connectivity index is 3.30. The Morgan fingerprint density at radius 1 is 1.50 bits per heavy atom. The van der Waals surface area contributed by atoms with Crippen molar-refractivity contribution in [3.63, 3.8) is 0 Å². The lowest BCUT2D eigenvalue weighted by molar-refractivity contribution is -0.0111. The van der Waals surface area contributed by atoms with Crippen LogP contribution in [0.25, 0.3) is 0 Å². The fourth-order valence-corrected chi connectivity index (χ4v) is 0.365. The third-order valence-corrected chi connectivity index (χ3v) is 0.908. The maximum absolute atomic E-state index is 11.6. The second kappa shape index (κ2) is 4.54. The maximum atomic E-state index is 11.6. The van der Waals surface area contributed by atoms with Crippen LogP contribution in [0, 0.1) is 0 Å². The molecule has 10 heavy (non-hydrogen) atoms. The van der Waals surface area contributed by atoms with Crippen molar-refractivity contribution >= 4 is 0 Å². The largest absolute Gasteiger partial charge is 0.386 e. The van der Waals surface area contributed by atoms with E-state index in [1.54, 1.807) is 14.1 Å². The standard InChI is InChI=1S/C5H12F2N2O/c1-9(2)8-3-4(10)5(6)7/h4-5,8,10H,3H2,1-2H3. The van der Waals surface area contributed by atoms with Gasteiger partial charge in [0.15, 0.2) is 0 Å². The molecule has 0 heterocycles. The Labute approximate surface area is 58.6 Å². The highest BCUT2D eigenvalue weighted by molar-refractivity contribution is 4.58. The van der Waals surface area contributed by atoms with Crippen molar-refractivity contribution in [1.82, 2.24) is 10.4 Å². The summed E-state index contributed by atoms with van der Waals surface area (Å²) in [6.45, 7) is -0.120. The van der Waals surface area contributed by atoms with Crippen molar-refractivity contribution in [2.24, 2.45) is 0 Å². The number of aliphatic hydroxyl groups excluding tert-OH is 1. The van der Waals surface area contributed by atoms with Gasteiger partial charge in [-0.1, -0.05) is 0 Å². The molecule has 0 bridgehead atoms. The summed E-state index contributed by atoms with van der Waals surface area (Å²) in [5.41, 5.74) is 2.53. The van der Waals surface area contributed by atoms with Gasteiger partial charge in [-0.2, -0.15) is 0 Å². The lowest BCUT2D eigenvalue weighted by Crippen LogP contribution is -2.39. The lowest BCUT2D eigenvalue weighted by atomic mass is 10.4. The van der Waals surface area contributed by atoms with E-state index in [0.29, 0.717) is 0 Å². The van der Waals surface area contributed by atoms with Crippen molar-refractivity contribution in [2.45, 2.75) is 12.5 Å². The summed E-state index contributed by atoms with van der Waals surface area (Å²) in [5, 5.41) is 10.0. The predicted octanol–water partition coefficient (Wildman–Crippen LogP) is -0.321. The van der Waals surface area contributed by atoms with Crippen molar-refractivity contribution in [1.29, 1.82) is 0 Å². The molecule has 0 saturated carbocycles. The van der Waals surface area contributed by atoms with E-state index in [0.717, 1.165) is 0 Å². The maximum Gasteiger partial charge on any atom is 0.265 e. The van der Waals surface area contributed by atoms with Gasteiger partial charge in [-0.15, -0.1) is 0 Å². The average molecular weight is 154 g/mol.